The number of hydrogen-bond acceptors (Lipinski definition) is 4. The van der Waals surface area contributed by atoms with Crippen LogP contribution in [0.1, 0.15) is 31.2 Å². The number of hydrogen-bond donors (Lipinski definition) is 1. The van der Waals surface area contributed by atoms with Crippen LogP contribution >= 0.6 is 0 Å². The number of anilines is 1. The molecule has 194 valence electrons. The van der Waals surface area contributed by atoms with Crippen LogP contribution in [-0.2, 0) is 20.7 Å². The Morgan fingerprint density at radius 2 is 1.62 bits per heavy atom. The lowest BCUT2D eigenvalue weighted by Gasteiger charge is -2.24. The third-order valence-electron chi connectivity index (χ3n) is 6.54. The Morgan fingerprint density at radius 3 is 2.30 bits per heavy atom. The molecule has 0 aliphatic carbocycles. The Balaban J connectivity index is 1.39. The molecule has 3 aromatic carbocycles. The first-order valence-corrected chi connectivity index (χ1v) is 12.7. The van der Waals surface area contributed by atoms with E-state index in [0.29, 0.717) is 43.2 Å². The summed E-state index contributed by atoms with van der Waals surface area (Å²) in [6, 6.07) is 22.4. The van der Waals surface area contributed by atoms with E-state index < -0.39 is 6.04 Å². The average molecular weight is 505 g/mol. The Bertz CT molecular complexity index is 1150. The second-order valence-electron chi connectivity index (χ2n) is 9.37. The third-order valence-corrected chi connectivity index (χ3v) is 6.54. The standard InChI is InChI=1S/C30H33FN2O4/c1-36-18-6-5-9-29(34)33-21-23(19-22-7-3-2-4-8-22)20-28(33)30(35)32-25-12-16-27(17-13-25)37-26-14-10-24(31)11-15-26/h2-4,7-8,10-17,23,28H,5-6,9,18-21H2,1H3,(H,32,35)/t23-,28+/m1/s1. The summed E-state index contributed by atoms with van der Waals surface area (Å²) in [5, 5.41) is 2.97. The fourth-order valence-corrected chi connectivity index (χ4v) is 4.68. The number of carbonyl (C=O) groups is 2. The highest BCUT2D eigenvalue weighted by Crippen LogP contribution is 2.29. The number of benzene rings is 3. The van der Waals surface area contributed by atoms with Crippen LogP contribution in [0.2, 0.25) is 0 Å². The van der Waals surface area contributed by atoms with Gasteiger partial charge in [-0.2, -0.15) is 0 Å². The van der Waals surface area contributed by atoms with E-state index in [9.17, 15) is 14.0 Å². The molecule has 3 aromatic rings. The van der Waals surface area contributed by atoms with Crippen molar-refractivity contribution in [3.05, 3.63) is 90.2 Å². The van der Waals surface area contributed by atoms with Crippen LogP contribution in [-0.4, -0.2) is 43.0 Å². The summed E-state index contributed by atoms with van der Waals surface area (Å²) < 4.78 is 23.9. The lowest BCUT2D eigenvalue weighted by Crippen LogP contribution is -2.43. The van der Waals surface area contributed by atoms with Crippen LogP contribution in [0.3, 0.4) is 0 Å². The molecule has 0 unspecified atom stereocenters. The van der Waals surface area contributed by atoms with E-state index >= 15 is 0 Å². The highest BCUT2D eigenvalue weighted by molar-refractivity contribution is 5.97. The van der Waals surface area contributed by atoms with Gasteiger partial charge >= 0.3 is 0 Å². The molecule has 2 atom stereocenters. The molecule has 7 heteroatoms. The molecule has 1 aliphatic heterocycles. The molecular weight excluding hydrogens is 471 g/mol. The number of rotatable bonds is 11. The number of carbonyl (C=O) groups excluding carboxylic acids is 2. The molecule has 0 radical (unpaired) electrons. The molecule has 0 saturated carbocycles. The van der Waals surface area contributed by atoms with E-state index in [1.54, 1.807) is 48.4 Å². The molecule has 2 amide bonds. The van der Waals surface area contributed by atoms with Crippen molar-refractivity contribution in [3.8, 4) is 11.5 Å². The molecule has 1 N–H and O–H groups in total. The lowest BCUT2D eigenvalue weighted by molar-refractivity contribution is -0.136. The molecule has 1 fully saturated rings. The maximum atomic E-state index is 13.3. The number of nitrogens with one attached hydrogen (secondary N) is 1. The highest BCUT2D eigenvalue weighted by atomic mass is 19.1. The molecule has 0 aromatic heterocycles. The molecule has 1 aliphatic rings. The van der Waals surface area contributed by atoms with Crippen molar-refractivity contribution in [1.82, 2.24) is 4.90 Å². The zero-order chi connectivity index (χ0) is 26.0. The zero-order valence-electron chi connectivity index (χ0n) is 21.1. The van der Waals surface area contributed by atoms with Gasteiger partial charge in [-0.3, -0.25) is 9.59 Å². The van der Waals surface area contributed by atoms with Gasteiger partial charge in [0, 0.05) is 32.4 Å². The Kier molecular flexibility index (Phi) is 9.27. The summed E-state index contributed by atoms with van der Waals surface area (Å²) in [4.78, 5) is 28.1. The summed E-state index contributed by atoms with van der Waals surface area (Å²) in [5.74, 6) is 0.802. The van der Waals surface area contributed by atoms with Crippen LogP contribution in [0.25, 0.3) is 0 Å². The topological polar surface area (TPSA) is 67.9 Å². The number of methoxy groups -OCH3 is 1. The summed E-state index contributed by atoms with van der Waals surface area (Å²) in [5.41, 5.74) is 1.83. The summed E-state index contributed by atoms with van der Waals surface area (Å²) in [6.07, 6.45) is 3.40. The van der Waals surface area contributed by atoms with Crippen molar-refractivity contribution in [2.45, 2.75) is 38.1 Å². The molecule has 0 bridgehead atoms. The van der Waals surface area contributed by atoms with Crippen LogP contribution < -0.4 is 10.1 Å². The van der Waals surface area contributed by atoms with Gasteiger partial charge < -0.3 is 19.7 Å². The minimum atomic E-state index is -0.515. The minimum absolute atomic E-state index is 0.00913. The van der Waals surface area contributed by atoms with Gasteiger partial charge in [0.2, 0.25) is 11.8 Å². The van der Waals surface area contributed by atoms with Crippen LogP contribution in [0, 0.1) is 11.7 Å². The van der Waals surface area contributed by atoms with Crippen molar-refractivity contribution in [2.75, 3.05) is 25.6 Å². The largest absolute Gasteiger partial charge is 0.457 e. The van der Waals surface area contributed by atoms with E-state index in [0.717, 1.165) is 19.3 Å². The number of halogens is 1. The first-order chi connectivity index (χ1) is 18.0. The average Bonchev–Trinajstić information content (AvgIpc) is 3.33. The lowest BCUT2D eigenvalue weighted by atomic mass is 9.96. The SMILES string of the molecule is COCCCCC(=O)N1C[C@H](Cc2ccccc2)C[C@H]1C(=O)Nc1ccc(Oc2ccc(F)cc2)cc1. The number of amides is 2. The molecule has 37 heavy (non-hydrogen) atoms. The van der Waals surface area contributed by atoms with Gasteiger partial charge in [0.15, 0.2) is 0 Å². The van der Waals surface area contributed by atoms with E-state index in [-0.39, 0.29) is 23.5 Å². The van der Waals surface area contributed by atoms with Crippen molar-refractivity contribution in [1.29, 1.82) is 0 Å². The first kappa shape index (κ1) is 26.4. The summed E-state index contributed by atoms with van der Waals surface area (Å²) in [7, 11) is 1.65. The quantitative estimate of drug-likeness (QED) is 0.334. The molecule has 0 spiro atoms. The van der Waals surface area contributed by atoms with E-state index in [1.807, 2.05) is 18.2 Å². The Hall–Kier alpha value is -3.71. The maximum Gasteiger partial charge on any atom is 0.247 e. The molecule has 1 heterocycles. The third kappa shape index (κ3) is 7.64. The van der Waals surface area contributed by atoms with Gasteiger partial charge in [0.1, 0.15) is 23.4 Å². The van der Waals surface area contributed by atoms with Gasteiger partial charge in [-0.15, -0.1) is 0 Å². The number of unbranched alkanes of at least 4 members (excludes halogenated alkanes) is 1. The molecule has 6 nitrogen and oxygen atoms in total. The highest BCUT2D eigenvalue weighted by Gasteiger charge is 2.39. The van der Waals surface area contributed by atoms with Crippen molar-refractivity contribution in [2.24, 2.45) is 5.92 Å². The minimum Gasteiger partial charge on any atom is -0.457 e. The van der Waals surface area contributed by atoms with Gasteiger partial charge in [0.05, 0.1) is 0 Å². The fraction of sp³-hybridized carbons (Fsp3) is 0.333. The summed E-state index contributed by atoms with van der Waals surface area (Å²) in [6.45, 7) is 1.19. The van der Waals surface area contributed by atoms with E-state index in [4.69, 9.17) is 9.47 Å². The molecular formula is C30H33FN2O4. The monoisotopic (exact) mass is 504 g/mol. The van der Waals surface area contributed by atoms with Gasteiger partial charge in [-0.05, 0) is 85.7 Å². The predicted octanol–water partition coefficient (Wildman–Crippen LogP) is 5.83. The van der Waals surface area contributed by atoms with E-state index in [2.05, 4.69) is 17.4 Å². The maximum absolute atomic E-state index is 13.3. The number of ether oxygens (including phenoxy) is 2. The van der Waals surface area contributed by atoms with Crippen LogP contribution in [0.15, 0.2) is 78.9 Å². The number of nitrogens with zero attached hydrogens (tertiary/aromatic N) is 1. The predicted molar refractivity (Wildman–Crippen MR) is 141 cm³/mol. The second-order valence-corrected chi connectivity index (χ2v) is 9.37. The van der Waals surface area contributed by atoms with E-state index in [1.165, 1.54) is 17.7 Å². The van der Waals surface area contributed by atoms with Gasteiger partial charge in [-0.25, -0.2) is 4.39 Å². The fourth-order valence-electron chi connectivity index (χ4n) is 4.68. The van der Waals surface area contributed by atoms with Crippen LogP contribution in [0.5, 0.6) is 11.5 Å². The zero-order valence-corrected chi connectivity index (χ0v) is 21.1. The van der Waals surface area contributed by atoms with Crippen LogP contribution in [0.4, 0.5) is 10.1 Å². The molecule has 1 saturated heterocycles. The van der Waals surface area contributed by atoms with Gasteiger partial charge in [0.25, 0.3) is 0 Å². The molecule has 4 rings (SSSR count). The number of likely N-dealkylation sites (tertiary alicyclic amines) is 1. The van der Waals surface area contributed by atoms with Crippen molar-refractivity contribution in [3.63, 3.8) is 0 Å². The smallest absolute Gasteiger partial charge is 0.247 e. The van der Waals surface area contributed by atoms with Gasteiger partial charge in [-0.1, -0.05) is 30.3 Å². The van der Waals surface area contributed by atoms with Crippen molar-refractivity contribution >= 4 is 17.5 Å². The first-order valence-electron chi connectivity index (χ1n) is 12.7. The second kappa shape index (κ2) is 13.0. The van der Waals surface area contributed by atoms with Crippen molar-refractivity contribution < 1.29 is 23.5 Å². The normalized spacial score (nSPS) is 17.0. The summed E-state index contributed by atoms with van der Waals surface area (Å²) >= 11 is 0. The Labute approximate surface area is 217 Å². The Morgan fingerprint density at radius 1 is 0.946 bits per heavy atom.